The van der Waals surface area contributed by atoms with Gasteiger partial charge in [-0.2, -0.15) is 0 Å². The van der Waals surface area contributed by atoms with Gasteiger partial charge in [-0.05, 0) is 62.5 Å². The molecular weight excluding hydrogens is 326 g/mol. The maximum Gasteiger partial charge on any atom is 0.259 e. The van der Waals surface area contributed by atoms with Gasteiger partial charge in [-0.15, -0.1) is 0 Å². The summed E-state index contributed by atoms with van der Waals surface area (Å²) in [5.74, 6) is 1.03. The van der Waals surface area contributed by atoms with E-state index in [2.05, 4.69) is 20.6 Å². The molecule has 1 atom stereocenters. The van der Waals surface area contributed by atoms with Crippen LogP contribution in [0.5, 0.6) is 0 Å². The lowest BCUT2D eigenvalue weighted by Gasteiger charge is -2.10. The molecular formula is C20H23N5O. The van der Waals surface area contributed by atoms with E-state index in [-0.39, 0.29) is 5.91 Å². The normalized spacial score (nSPS) is 16.9. The third-order valence-corrected chi connectivity index (χ3v) is 4.94. The smallest absolute Gasteiger partial charge is 0.259 e. The Morgan fingerprint density at radius 3 is 3.04 bits per heavy atom. The van der Waals surface area contributed by atoms with Gasteiger partial charge in [0.1, 0.15) is 0 Å². The molecule has 0 bridgehead atoms. The van der Waals surface area contributed by atoms with Crippen LogP contribution in [0.25, 0.3) is 11.0 Å². The van der Waals surface area contributed by atoms with Crippen LogP contribution in [0.2, 0.25) is 0 Å². The first kappa shape index (κ1) is 16.7. The summed E-state index contributed by atoms with van der Waals surface area (Å²) in [7, 11) is 0. The van der Waals surface area contributed by atoms with E-state index < -0.39 is 0 Å². The van der Waals surface area contributed by atoms with Crippen LogP contribution in [0.15, 0.2) is 42.7 Å². The molecule has 2 aromatic heterocycles. The SMILES string of the molecule is CCn1c(NC(=O)c2cncc(CC3CCNC3)c2)nc2ccccc21. The number of pyridine rings is 1. The van der Waals surface area contributed by atoms with E-state index in [0.717, 1.165) is 42.7 Å². The lowest BCUT2D eigenvalue weighted by Crippen LogP contribution is -2.17. The molecule has 0 saturated carbocycles. The van der Waals surface area contributed by atoms with Crippen molar-refractivity contribution in [3.63, 3.8) is 0 Å². The van der Waals surface area contributed by atoms with Gasteiger partial charge in [-0.1, -0.05) is 12.1 Å². The number of hydrogen-bond acceptors (Lipinski definition) is 4. The molecule has 1 aliphatic heterocycles. The van der Waals surface area contributed by atoms with Crippen molar-refractivity contribution < 1.29 is 4.79 Å². The van der Waals surface area contributed by atoms with Crippen molar-refractivity contribution in [3.05, 3.63) is 53.9 Å². The summed E-state index contributed by atoms with van der Waals surface area (Å²) in [5.41, 5.74) is 3.58. The number of anilines is 1. The average molecular weight is 349 g/mol. The molecule has 26 heavy (non-hydrogen) atoms. The molecule has 6 heteroatoms. The Bertz CT molecular complexity index is 927. The van der Waals surface area contributed by atoms with Crippen molar-refractivity contribution in [2.24, 2.45) is 5.92 Å². The Kier molecular flexibility index (Phi) is 4.67. The molecule has 1 aliphatic rings. The van der Waals surface area contributed by atoms with Crippen LogP contribution in [0, 0.1) is 5.92 Å². The summed E-state index contributed by atoms with van der Waals surface area (Å²) in [6, 6.07) is 9.84. The number of nitrogens with zero attached hydrogens (tertiary/aromatic N) is 3. The molecule has 3 heterocycles. The lowest BCUT2D eigenvalue weighted by molar-refractivity contribution is 0.102. The van der Waals surface area contributed by atoms with Crippen LogP contribution in [-0.2, 0) is 13.0 Å². The zero-order valence-corrected chi connectivity index (χ0v) is 14.9. The van der Waals surface area contributed by atoms with Gasteiger partial charge < -0.3 is 9.88 Å². The van der Waals surface area contributed by atoms with E-state index >= 15 is 0 Å². The number of para-hydroxylation sites is 2. The van der Waals surface area contributed by atoms with Gasteiger partial charge in [0.25, 0.3) is 5.91 Å². The molecule has 1 fully saturated rings. The van der Waals surface area contributed by atoms with Gasteiger partial charge in [0, 0.05) is 18.9 Å². The second-order valence-electron chi connectivity index (χ2n) is 6.77. The lowest BCUT2D eigenvalue weighted by atomic mass is 9.99. The predicted molar refractivity (Wildman–Crippen MR) is 102 cm³/mol. The third kappa shape index (κ3) is 3.32. The molecule has 1 saturated heterocycles. The summed E-state index contributed by atoms with van der Waals surface area (Å²) in [6.07, 6.45) is 5.60. The van der Waals surface area contributed by atoms with Gasteiger partial charge in [0.05, 0.1) is 16.6 Å². The van der Waals surface area contributed by atoms with Crippen molar-refractivity contribution in [1.29, 1.82) is 0 Å². The Morgan fingerprint density at radius 1 is 1.35 bits per heavy atom. The molecule has 2 N–H and O–H groups in total. The average Bonchev–Trinajstić information content (AvgIpc) is 3.28. The molecule has 3 aromatic rings. The van der Waals surface area contributed by atoms with Gasteiger partial charge in [0.15, 0.2) is 0 Å². The Balaban J connectivity index is 1.55. The number of aryl methyl sites for hydroxylation is 1. The number of carbonyl (C=O) groups is 1. The minimum atomic E-state index is -0.172. The molecule has 1 amide bonds. The van der Waals surface area contributed by atoms with Crippen LogP contribution < -0.4 is 10.6 Å². The standard InChI is InChI=1S/C20H23N5O/c1-2-25-18-6-4-3-5-17(18)23-20(25)24-19(26)16-10-15(12-22-13-16)9-14-7-8-21-11-14/h3-6,10,12-14,21H,2,7-9,11H2,1H3,(H,23,24,26). The number of imidazole rings is 1. The minimum Gasteiger partial charge on any atom is -0.316 e. The summed E-state index contributed by atoms with van der Waals surface area (Å²) < 4.78 is 2.01. The second-order valence-corrected chi connectivity index (χ2v) is 6.77. The quantitative estimate of drug-likeness (QED) is 0.743. The van der Waals surface area contributed by atoms with Crippen LogP contribution in [0.1, 0.15) is 29.3 Å². The summed E-state index contributed by atoms with van der Waals surface area (Å²) in [6.45, 7) is 4.90. The van der Waals surface area contributed by atoms with E-state index in [4.69, 9.17) is 0 Å². The van der Waals surface area contributed by atoms with Gasteiger partial charge in [0.2, 0.25) is 5.95 Å². The number of carbonyl (C=O) groups excluding carboxylic acids is 1. The van der Waals surface area contributed by atoms with Crippen LogP contribution in [-0.4, -0.2) is 33.5 Å². The minimum absolute atomic E-state index is 0.172. The highest BCUT2D eigenvalue weighted by atomic mass is 16.1. The van der Waals surface area contributed by atoms with E-state index in [1.165, 1.54) is 6.42 Å². The summed E-state index contributed by atoms with van der Waals surface area (Å²) in [5, 5.41) is 6.33. The fourth-order valence-electron chi connectivity index (χ4n) is 3.61. The van der Waals surface area contributed by atoms with Crippen molar-refractivity contribution in [3.8, 4) is 0 Å². The molecule has 0 radical (unpaired) electrons. The third-order valence-electron chi connectivity index (χ3n) is 4.94. The second kappa shape index (κ2) is 7.25. The Labute approximate surface area is 152 Å². The van der Waals surface area contributed by atoms with E-state index in [0.29, 0.717) is 17.4 Å². The number of aromatic nitrogens is 3. The largest absolute Gasteiger partial charge is 0.316 e. The number of benzene rings is 1. The van der Waals surface area contributed by atoms with Crippen molar-refractivity contribution in [2.45, 2.75) is 26.3 Å². The molecule has 134 valence electrons. The van der Waals surface area contributed by atoms with E-state index in [1.807, 2.05) is 48.0 Å². The molecule has 0 aliphatic carbocycles. The van der Waals surface area contributed by atoms with Crippen LogP contribution in [0.3, 0.4) is 0 Å². The molecule has 4 rings (SSSR count). The first-order chi connectivity index (χ1) is 12.7. The van der Waals surface area contributed by atoms with Gasteiger partial charge in [-0.3, -0.25) is 15.1 Å². The highest BCUT2D eigenvalue weighted by Gasteiger charge is 2.17. The van der Waals surface area contributed by atoms with Crippen LogP contribution >= 0.6 is 0 Å². The summed E-state index contributed by atoms with van der Waals surface area (Å²) >= 11 is 0. The van der Waals surface area contributed by atoms with E-state index in [9.17, 15) is 4.79 Å². The molecule has 1 aromatic carbocycles. The number of fused-ring (bicyclic) bond motifs is 1. The Morgan fingerprint density at radius 2 is 2.23 bits per heavy atom. The fraction of sp³-hybridized carbons (Fsp3) is 0.350. The highest BCUT2D eigenvalue weighted by Crippen LogP contribution is 2.20. The number of hydrogen-bond donors (Lipinski definition) is 2. The van der Waals surface area contributed by atoms with Gasteiger partial charge in [-0.25, -0.2) is 4.98 Å². The van der Waals surface area contributed by atoms with Crippen molar-refractivity contribution >= 4 is 22.9 Å². The molecule has 1 unspecified atom stereocenters. The fourth-order valence-corrected chi connectivity index (χ4v) is 3.61. The highest BCUT2D eigenvalue weighted by molar-refractivity contribution is 6.04. The monoisotopic (exact) mass is 349 g/mol. The number of amides is 1. The molecule has 6 nitrogen and oxygen atoms in total. The first-order valence-corrected chi connectivity index (χ1v) is 9.16. The van der Waals surface area contributed by atoms with Gasteiger partial charge >= 0.3 is 0 Å². The predicted octanol–water partition coefficient (Wildman–Crippen LogP) is 2.86. The van der Waals surface area contributed by atoms with E-state index in [1.54, 1.807) is 6.20 Å². The summed E-state index contributed by atoms with van der Waals surface area (Å²) in [4.78, 5) is 21.6. The first-order valence-electron chi connectivity index (χ1n) is 9.16. The van der Waals surface area contributed by atoms with Crippen LogP contribution in [0.4, 0.5) is 5.95 Å². The number of nitrogens with one attached hydrogen (secondary N) is 2. The van der Waals surface area contributed by atoms with Crippen molar-refractivity contribution in [1.82, 2.24) is 19.9 Å². The topological polar surface area (TPSA) is 71.8 Å². The maximum absolute atomic E-state index is 12.7. The zero-order valence-electron chi connectivity index (χ0n) is 14.9. The maximum atomic E-state index is 12.7. The molecule has 0 spiro atoms. The number of rotatable bonds is 5. The zero-order chi connectivity index (χ0) is 17.9. The van der Waals surface area contributed by atoms with Crippen molar-refractivity contribution in [2.75, 3.05) is 18.4 Å². The Hall–Kier alpha value is -2.73.